The Balaban J connectivity index is 1.45. The van der Waals surface area contributed by atoms with Crippen molar-refractivity contribution in [3.63, 3.8) is 0 Å². The minimum Gasteiger partial charge on any atom is -0.493 e. The first-order chi connectivity index (χ1) is 16.2. The third-order valence-corrected chi connectivity index (χ3v) is 5.85. The number of ether oxygens (including phenoxy) is 3. The lowest BCUT2D eigenvalue weighted by atomic mass is 10.0. The minimum absolute atomic E-state index is 0.553. The van der Waals surface area contributed by atoms with E-state index in [2.05, 4.69) is 79.0 Å². The molecule has 170 valence electrons. The van der Waals surface area contributed by atoms with E-state index in [1.54, 1.807) is 14.2 Å². The van der Waals surface area contributed by atoms with Gasteiger partial charge in [0.1, 0.15) is 12.4 Å². The summed E-state index contributed by atoms with van der Waals surface area (Å²) in [5.41, 5.74) is 4.81. The molecule has 4 nitrogen and oxygen atoms in total. The van der Waals surface area contributed by atoms with Gasteiger partial charge in [0, 0.05) is 12.1 Å². The molecule has 0 fully saturated rings. The van der Waals surface area contributed by atoms with Crippen LogP contribution in [0.4, 0.5) is 0 Å². The first kappa shape index (κ1) is 22.7. The average molecular weight is 442 g/mol. The molecule has 0 radical (unpaired) electrons. The van der Waals surface area contributed by atoms with E-state index < -0.39 is 0 Å². The summed E-state index contributed by atoms with van der Waals surface area (Å²) < 4.78 is 17.0. The predicted molar refractivity (Wildman–Crippen MR) is 134 cm³/mol. The summed E-state index contributed by atoms with van der Waals surface area (Å²) in [6, 6.07) is 27.2. The fourth-order valence-electron chi connectivity index (χ4n) is 3.96. The number of benzene rings is 4. The number of nitrogens with one attached hydrogen (secondary N) is 1. The monoisotopic (exact) mass is 441 g/mol. The van der Waals surface area contributed by atoms with E-state index in [1.807, 2.05) is 12.1 Å². The Hall–Kier alpha value is -3.50. The molecule has 33 heavy (non-hydrogen) atoms. The normalized spacial score (nSPS) is 10.9. The largest absolute Gasteiger partial charge is 0.493 e. The molecule has 4 aromatic carbocycles. The van der Waals surface area contributed by atoms with Gasteiger partial charge >= 0.3 is 0 Å². The summed E-state index contributed by atoms with van der Waals surface area (Å²) in [5, 5.41) is 6.04. The Kier molecular flexibility index (Phi) is 7.48. The van der Waals surface area contributed by atoms with Crippen molar-refractivity contribution in [1.29, 1.82) is 0 Å². The van der Waals surface area contributed by atoms with Gasteiger partial charge in [-0.15, -0.1) is 0 Å². The maximum atomic E-state index is 6.27. The van der Waals surface area contributed by atoms with Crippen molar-refractivity contribution in [3.05, 3.63) is 101 Å². The molecule has 0 aliphatic rings. The number of rotatable bonds is 10. The number of fused-ring (bicyclic) bond motifs is 1. The molecule has 0 amide bonds. The Morgan fingerprint density at radius 2 is 1.45 bits per heavy atom. The van der Waals surface area contributed by atoms with Crippen LogP contribution >= 0.6 is 0 Å². The maximum absolute atomic E-state index is 6.27. The van der Waals surface area contributed by atoms with E-state index in [4.69, 9.17) is 14.2 Å². The Labute approximate surface area is 196 Å². The molecule has 0 bridgehead atoms. The van der Waals surface area contributed by atoms with Crippen LogP contribution in [0.1, 0.15) is 22.3 Å². The van der Waals surface area contributed by atoms with Crippen LogP contribution in [0.25, 0.3) is 10.8 Å². The molecule has 0 atom stereocenters. The first-order valence-electron chi connectivity index (χ1n) is 11.3. The molecule has 0 unspecified atom stereocenters. The Bertz CT molecular complexity index is 1200. The molecular weight excluding hydrogens is 410 g/mol. The highest BCUT2D eigenvalue weighted by atomic mass is 16.5. The molecule has 0 aliphatic heterocycles. The second-order valence-electron chi connectivity index (χ2n) is 8.15. The summed E-state index contributed by atoms with van der Waals surface area (Å²) in [6.45, 7) is 4.23. The van der Waals surface area contributed by atoms with Crippen LogP contribution in [-0.2, 0) is 19.6 Å². The molecule has 0 saturated carbocycles. The van der Waals surface area contributed by atoms with E-state index in [0.717, 1.165) is 36.8 Å². The van der Waals surface area contributed by atoms with Crippen LogP contribution in [0.2, 0.25) is 0 Å². The number of hydrogen-bond acceptors (Lipinski definition) is 4. The summed E-state index contributed by atoms with van der Waals surface area (Å²) in [6.07, 6.45) is 0.894. The van der Waals surface area contributed by atoms with Crippen molar-refractivity contribution in [1.82, 2.24) is 5.32 Å². The van der Waals surface area contributed by atoms with Crippen molar-refractivity contribution in [3.8, 4) is 17.2 Å². The zero-order valence-corrected chi connectivity index (χ0v) is 19.6. The van der Waals surface area contributed by atoms with Crippen molar-refractivity contribution in [2.24, 2.45) is 0 Å². The standard InChI is InChI=1S/C29H31NO3/c1-21-8-10-23(11-9-21)20-33-27-15-13-24-6-4-5-7-25(24)26(27)19-30-17-16-22-12-14-28(31-2)29(18-22)32-3/h4-15,18,30H,16-17,19-20H2,1-3H3. The molecule has 0 heterocycles. The second kappa shape index (κ2) is 10.9. The SMILES string of the molecule is COc1ccc(CCNCc2c(OCc3ccc(C)cc3)ccc3ccccc23)cc1OC. The summed E-state index contributed by atoms with van der Waals surface area (Å²) in [5.74, 6) is 2.43. The fourth-order valence-corrected chi connectivity index (χ4v) is 3.96. The van der Waals surface area contributed by atoms with Gasteiger partial charge in [-0.05, 0) is 60.0 Å². The minimum atomic E-state index is 0.553. The predicted octanol–water partition coefficient (Wildman–Crippen LogP) is 6.08. The molecule has 4 aromatic rings. The number of hydrogen-bond donors (Lipinski definition) is 1. The Morgan fingerprint density at radius 1 is 0.727 bits per heavy atom. The van der Waals surface area contributed by atoms with Gasteiger partial charge in [-0.2, -0.15) is 0 Å². The lowest BCUT2D eigenvalue weighted by molar-refractivity contribution is 0.303. The zero-order chi connectivity index (χ0) is 23.0. The van der Waals surface area contributed by atoms with Gasteiger partial charge < -0.3 is 19.5 Å². The summed E-state index contributed by atoms with van der Waals surface area (Å²) in [4.78, 5) is 0. The van der Waals surface area contributed by atoms with Crippen LogP contribution in [0.15, 0.2) is 78.9 Å². The van der Waals surface area contributed by atoms with Gasteiger partial charge in [-0.1, -0.05) is 66.2 Å². The zero-order valence-electron chi connectivity index (χ0n) is 19.6. The van der Waals surface area contributed by atoms with Gasteiger partial charge in [-0.25, -0.2) is 0 Å². The van der Waals surface area contributed by atoms with Crippen LogP contribution in [-0.4, -0.2) is 20.8 Å². The number of methoxy groups -OCH3 is 2. The third kappa shape index (κ3) is 5.65. The van der Waals surface area contributed by atoms with Crippen LogP contribution in [0.5, 0.6) is 17.2 Å². The molecule has 0 aromatic heterocycles. The summed E-state index contributed by atoms with van der Waals surface area (Å²) >= 11 is 0. The van der Waals surface area contributed by atoms with Crippen molar-refractivity contribution in [2.45, 2.75) is 26.5 Å². The van der Waals surface area contributed by atoms with E-state index in [1.165, 1.54) is 33.0 Å². The van der Waals surface area contributed by atoms with Crippen LogP contribution in [0.3, 0.4) is 0 Å². The quantitative estimate of drug-likeness (QED) is 0.303. The smallest absolute Gasteiger partial charge is 0.160 e. The lowest BCUT2D eigenvalue weighted by Crippen LogP contribution is -2.17. The van der Waals surface area contributed by atoms with Crippen molar-refractivity contribution < 1.29 is 14.2 Å². The van der Waals surface area contributed by atoms with Crippen LogP contribution < -0.4 is 19.5 Å². The molecule has 0 aliphatic carbocycles. The third-order valence-electron chi connectivity index (χ3n) is 5.85. The number of aryl methyl sites for hydroxylation is 1. The highest BCUT2D eigenvalue weighted by Gasteiger charge is 2.10. The van der Waals surface area contributed by atoms with Gasteiger partial charge in [0.25, 0.3) is 0 Å². The van der Waals surface area contributed by atoms with Crippen LogP contribution in [0, 0.1) is 6.92 Å². The second-order valence-corrected chi connectivity index (χ2v) is 8.15. The maximum Gasteiger partial charge on any atom is 0.160 e. The lowest BCUT2D eigenvalue weighted by Gasteiger charge is -2.16. The van der Waals surface area contributed by atoms with Crippen molar-refractivity contribution in [2.75, 3.05) is 20.8 Å². The molecule has 1 N–H and O–H groups in total. The summed E-state index contributed by atoms with van der Waals surface area (Å²) in [7, 11) is 3.32. The molecular formula is C29H31NO3. The molecule has 0 spiro atoms. The van der Waals surface area contributed by atoms with Gasteiger partial charge in [0.15, 0.2) is 11.5 Å². The van der Waals surface area contributed by atoms with Gasteiger partial charge in [-0.3, -0.25) is 0 Å². The van der Waals surface area contributed by atoms with E-state index in [9.17, 15) is 0 Å². The molecule has 0 saturated heterocycles. The average Bonchev–Trinajstić information content (AvgIpc) is 2.86. The molecule has 4 heteroatoms. The highest BCUT2D eigenvalue weighted by Crippen LogP contribution is 2.29. The van der Waals surface area contributed by atoms with E-state index in [0.29, 0.717) is 6.61 Å². The first-order valence-corrected chi connectivity index (χ1v) is 11.3. The van der Waals surface area contributed by atoms with Gasteiger partial charge in [0.05, 0.1) is 14.2 Å². The fraction of sp³-hybridized carbons (Fsp3) is 0.241. The Morgan fingerprint density at radius 3 is 2.24 bits per heavy atom. The highest BCUT2D eigenvalue weighted by molar-refractivity contribution is 5.87. The van der Waals surface area contributed by atoms with Gasteiger partial charge in [0.2, 0.25) is 0 Å². The topological polar surface area (TPSA) is 39.7 Å². The van der Waals surface area contributed by atoms with Crippen molar-refractivity contribution >= 4 is 10.8 Å². The van der Waals surface area contributed by atoms with E-state index in [-0.39, 0.29) is 0 Å². The molecule has 4 rings (SSSR count). The van der Waals surface area contributed by atoms with E-state index >= 15 is 0 Å².